The number of hydrogen-bond donors (Lipinski definition) is 0. The summed E-state index contributed by atoms with van der Waals surface area (Å²) in [5.74, 6) is 0.392. The van der Waals surface area contributed by atoms with E-state index in [1.54, 1.807) is 23.3 Å². The van der Waals surface area contributed by atoms with Crippen LogP contribution in [0.1, 0.15) is 44.2 Å². The smallest absolute Gasteiger partial charge is 0.262 e. The Balaban J connectivity index is 2.11. The van der Waals surface area contributed by atoms with Crippen molar-refractivity contribution >= 4 is 5.69 Å². The third-order valence-corrected chi connectivity index (χ3v) is 4.65. The largest absolute Gasteiger partial charge is 0.335 e. The van der Waals surface area contributed by atoms with Crippen LogP contribution < -0.4 is 4.90 Å². The fourth-order valence-electron chi connectivity index (χ4n) is 3.82. The van der Waals surface area contributed by atoms with E-state index < -0.39 is 12.5 Å². The van der Waals surface area contributed by atoms with Crippen LogP contribution in [-0.4, -0.2) is 12.5 Å². The SMILES string of the molecule is C[C@@H]1CC(C)(C)c2cccc(N3C=CC=CC3C(F)F)c21. The molecule has 0 N–H and O–H groups in total. The molecular weight excluding hydrogens is 268 g/mol. The summed E-state index contributed by atoms with van der Waals surface area (Å²) in [7, 11) is 0. The third kappa shape index (κ3) is 2.29. The Bertz CT molecular complexity index is 601. The number of allylic oxidation sites excluding steroid dienone is 2. The molecule has 21 heavy (non-hydrogen) atoms. The molecule has 112 valence electrons. The van der Waals surface area contributed by atoms with Crippen molar-refractivity contribution in [2.75, 3.05) is 4.90 Å². The Kier molecular flexibility index (Phi) is 3.39. The maximum absolute atomic E-state index is 13.3. The Labute approximate surface area is 125 Å². The average Bonchev–Trinajstić information content (AvgIpc) is 2.69. The van der Waals surface area contributed by atoms with E-state index >= 15 is 0 Å². The first-order valence-electron chi connectivity index (χ1n) is 7.46. The van der Waals surface area contributed by atoms with Gasteiger partial charge < -0.3 is 4.90 Å². The van der Waals surface area contributed by atoms with E-state index in [-0.39, 0.29) is 5.41 Å². The summed E-state index contributed by atoms with van der Waals surface area (Å²) in [5, 5.41) is 0. The second-order valence-corrected chi connectivity index (χ2v) is 6.69. The lowest BCUT2D eigenvalue weighted by atomic mass is 9.86. The minimum absolute atomic E-state index is 0.112. The van der Waals surface area contributed by atoms with Gasteiger partial charge in [-0.25, -0.2) is 8.78 Å². The molecule has 3 heteroatoms. The predicted molar refractivity (Wildman–Crippen MR) is 83.1 cm³/mol. The van der Waals surface area contributed by atoms with Gasteiger partial charge in [0.2, 0.25) is 0 Å². The summed E-state index contributed by atoms with van der Waals surface area (Å²) in [6.45, 7) is 6.66. The number of fused-ring (bicyclic) bond motifs is 1. The first-order valence-corrected chi connectivity index (χ1v) is 7.46. The highest BCUT2D eigenvalue weighted by molar-refractivity contribution is 5.65. The van der Waals surface area contributed by atoms with Crippen LogP contribution in [0.25, 0.3) is 0 Å². The van der Waals surface area contributed by atoms with Crippen molar-refractivity contribution in [2.45, 2.75) is 51.0 Å². The lowest BCUT2D eigenvalue weighted by Gasteiger charge is -2.32. The normalized spacial score (nSPS) is 26.5. The van der Waals surface area contributed by atoms with Crippen LogP contribution in [0.15, 0.2) is 42.6 Å². The Hall–Kier alpha value is -1.64. The van der Waals surface area contributed by atoms with Crippen molar-refractivity contribution in [1.29, 1.82) is 0 Å². The molecule has 1 aromatic rings. The second-order valence-electron chi connectivity index (χ2n) is 6.69. The molecule has 3 rings (SSSR count). The number of rotatable bonds is 2. The fourth-order valence-corrected chi connectivity index (χ4v) is 3.82. The highest BCUT2D eigenvalue weighted by Gasteiger charge is 2.38. The van der Waals surface area contributed by atoms with Crippen molar-refractivity contribution in [3.8, 4) is 0 Å². The summed E-state index contributed by atoms with van der Waals surface area (Å²) < 4.78 is 26.7. The molecule has 1 aromatic carbocycles. The Morgan fingerprint density at radius 1 is 1.24 bits per heavy atom. The molecule has 0 saturated carbocycles. The minimum atomic E-state index is -2.40. The zero-order chi connectivity index (χ0) is 15.2. The van der Waals surface area contributed by atoms with Gasteiger partial charge in [-0.2, -0.15) is 0 Å². The molecule has 0 fully saturated rings. The molecule has 1 aliphatic heterocycles. The van der Waals surface area contributed by atoms with E-state index in [2.05, 4.69) is 26.8 Å². The van der Waals surface area contributed by atoms with Crippen molar-refractivity contribution in [2.24, 2.45) is 0 Å². The van der Waals surface area contributed by atoms with Gasteiger partial charge in [0, 0.05) is 11.9 Å². The van der Waals surface area contributed by atoms with Gasteiger partial charge in [0.05, 0.1) is 0 Å². The van der Waals surface area contributed by atoms with Gasteiger partial charge in [-0.15, -0.1) is 0 Å². The first-order chi connectivity index (χ1) is 9.92. The molecule has 0 spiro atoms. The Morgan fingerprint density at radius 2 is 2.00 bits per heavy atom. The van der Waals surface area contributed by atoms with Crippen LogP contribution in [0.3, 0.4) is 0 Å². The zero-order valence-corrected chi connectivity index (χ0v) is 12.7. The number of alkyl halides is 2. The van der Waals surface area contributed by atoms with Gasteiger partial charge in [0.1, 0.15) is 6.04 Å². The molecular formula is C18H21F2N. The van der Waals surface area contributed by atoms with Crippen LogP contribution in [0.2, 0.25) is 0 Å². The number of nitrogens with zero attached hydrogens (tertiary/aromatic N) is 1. The zero-order valence-electron chi connectivity index (χ0n) is 12.7. The quantitative estimate of drug-likeness (QED) is 0.741. The third-order valence-electron chi connectivity index (χ3n) is 4.65. The van der Waals surface area contributed by atoms with Crippen LogP contribution in [0, 0.1) is 0 Å². The molecule has 1 unspecified atom stereocenters. The molecule has 0 radical (unpaired) electrons. The number of anilines is 1. The van der Waals surface area contributed by atoms with Crippen LogP contribution in [-0.2, 0) is 5.41 Å². The maximum Gasteiger partial charge on any atom is 0.262 e. The minimum Gasteiger partial charge on any atom is -0.335 e. The van der Waals surface area contributed by atoms with Gasteiger partial charge in [0.25, 0.3) is 6.43 Å². The molecule has 0 bridgehead atoms. The average molecular weight is 289 g/mol. The predicted octanol–water partition coefficient (Wildman–Crippen LogP) is 5.00. The standard InChI is InChI=1S/C18H21F2N/c1-12-11-18(2,3)13-7-6-9-14(16(12)13)21-10-5-4-8-15(21)17(19)20/h4-10,12,15,17H,11H2,1-3H3/t12-,15?/m1/s1. The summed E-state index contributed by atoms with van der Waals surface area (Å²) in [4.78, 5) is 1.72. The van der Waals surface area contributed by atoms with Gasteiger partial charge in [-0.1, -0.05) is 45.1 Å². The van der Waals surface area contributed by atoms with E-state index in [9.17, 15) is 8.78 Å². The topological polar surface area (TPSA) is 3.24 Å². The number of benzene rings is 1. The monoisotopic (exact) mass is 289 g/mol. The highest BCUT2D eigenvalue weighted by atomic mass is 19.3. The lowest BCUT2D eigenvalue weighted by molar-refractivity contribution is 0.132. The van der Waals surface area contributed by atoms with Crippen molar-refractivity contribution in [3.05, 3.63) is 53.8 Å². The molecule has 1 aliphatic carbocycles. The Morgan fingerprint density at radius 3 is 2.71 bits per heavy atom. The van der Waals surface area contributed by atoms with Gasteiger partial charge in [0.15, 0.2) is 0 Å². The van der Waals surface area contributed by atoms with E-state index in [1.807, 2.05) is 18.2 Å². The summed E-state index contributed by atoms with van der Waals surface area (Å²) in [6, 6.07) is 5.22. The van der Waals surface area contributed by atoms with E-state index in [0.29, 0.717) is 5.92 Å². The molecule has 1 nitrogen and oxygen atoms in total. The van der Waals surface area contributed by atoms with Crippen molar-refractivity contribution in [1.82, 2.24) is 0 Å². The summed E-state index contributed by atoms with van der Waals surface area (Å²) in [5.41, 5.74) is 3.56. The number of hydrogen-bond acceptors (Lipinski definition) is 1. The molecule has 0 amide bonds. The first kappa shape index (κ1) is 14.3. The van der Waals surface area contributed by atoms with Crippen LogP contribution in [0.5, 0.6) is 0 Å². The van der Waals surface area contributed by atoms with E-state index in [1.165, 1.54) is 11.1 Å². The maximum atomic E-state index is 13.3. The lowest BCUT2D eigenvalue weighted by Crippen LogP contribution is -2.37. The van der Waals surface area contributed by atoms with Crippen LogP contribution in [0.4, 0.5) is 14.5 Å². The van der Waals surface area contributed by atoms with Crippen molar-refractivity contribution < 1.29 is 8.78 Å². The van der Waals surface area contributed by atoms with Crippen LogP contribution >= 0.6 is 0 Å². The van der Waals surface area contributed by atoms with Gasteiger partial charge in [-0.05, 0) is 41.0 Å². The molecule has 0 saturated heterocycles. The van der Waals surface area contributed by atoms with Gasteiger partial charge in [-0.3, -0.25) is 0 Å². The molecule has 0 aromatic heterocycles. The summed E-state index contributed by atoms with van der Waals surface area (Å²) in [6.07, 6.45) is 5.53. The fraction of sp³-hybridized carbons (Fsp3) is 0.444. The number of halogens is 2. The van der Waals surface area contributed by atoms with Crippen molar-refractivity contribution in [3.63, 3.8) is 0 Å². The molecule has 2 aliphatic rings. The molecule has 2 atom stereocenters. The summed E-state index contributed by atoms with van der Waals surface area (Å²) >= 11 is 0. The second kappa shape index (κ2) is 4.97. The van der Waals surface area contributed by atoms with E-state index in [0.717, 1.165) is 12.1 Å². The van der Waals surface area contributed by atoms with Gasteiger partial charge >= 0.3 is 0 Å². The van der Waals surface area contributed by atoms with E-state index in [4.69, 9.17) is 0 Å². The molecule has 1 heterocycles. The highest BCUT2D eigenvalue weighted by Crippen LogP contribution is 2.49.